The first-order valence-corrected chi connectivity index (χ1v) is 19.9. The average molecular weight is 804 g/mol. The van der Waals surface area contributed by atoms with Gasteiger partial charge in [-0.1, -0.05) is 103 Å². The van der Waals surface area contributed by atoms with Crippen LogP contribution in [0.1, 0.15) is 36.0 Å². The molecule has 7 N–H and O–H groups in total. The molecule has 4 aromatic rings. The molecule has 0 aromatic heterocycles. The fourth-order valence-electron chi connectivity index (χ4n) is 6.77. The fraction of sp³-hybridized carbons (Fsp3) is 0.273. The van der Waals surface area contributed by atoms with E-state index in [9.17, 15) is 39.0 Å². The van der Waals surface area contributed by atoms with Gasteiger partial charge in [0.15, 0.2) is 0 Å². The summed E-state index contributed by atoms with van der Waals surface area (Å²) in [5.41, 5.74) is 4.12. The summed E-state index contributed by atoms with van der Waals surface area (Å²) in [5.74, 6) is -5.06. The summed E-state index contributed by atoms with van der Waals surface area (Å²) in [6.07, 6.45) is 0.253. The van der Waals surface area contributed by atoms with Crippen molar-refractivity contribution in [3.63, 3.8) is 0 Å². The van der Waals surface area contributed by atoms with Gasteiger partial charge in [-0.05, 0) is 58.2 Å². The maximum Gasteiger partial charge on any atom is 0.326 e. The molecule has 3 aliphatic rings. The lowest BCUT2D eigenvalue weighted by Gasteiger charge is -2.27. The molecule has 0 saturated heterocycles. The second-order valence-electron chi connectivity index (χ2n) is 14.3. The van der Waals surface area contributed by atoms with Crippen molar-refractivity contribution >= 4 is 53.0 Å². The van der Waals surface area contributed by atoms with E-state index >= 15 is 0 Å². The lowest BCUT2D eigenvalue weighted by atomic mass is 9.99. The molecule has 4 aromatic carbocycles. The van der Waals surface area contributed by atoms with Gasteiger partial charge >= 0.3 is 5.97 Å². The number of aliphatic carboxylic acids is 1. The zero-order chi connectivity index (χ0) is 41.0. The van der Waals surface area contributed by atoms with E-state index in [1.807, 2.05) is 66.1 Å². The highest BCUT2D eigenvalue weighted by Gasteiger charge is 2.34. The third-order valence-corrected chi connectivity index (χ3v) is 11.0. The molecule has 0 fully saturated rings. The van der Waals surface area contributed by atoms with Gasteiger partial charge in [0.05, 0.1) is 6.42 Å². The average Bonchev–Trinajstić information content (AvgIpc) is 3.74. The Morgan fingerprint density at radius 2 is 1.19 bits per heavy atom. The van der Waals surface area contributed by atoms with E-state index in [1.165, 1.54) is 23.9 Å². The van der Waals surface area contributed by atoms with Gasteiger partial charge in [-0.25, -0.2) is 4.79 Å². The molecule has 6 atom stereocenters. The molecule has 58 heavy (non-hydrogen) atoms. The number of benzene rings is 4. The Balaban J connectivity index is 1.34. The highest BCUT2D eigenvalue weighted by Crippen LogP contribution is 2.28. The van der Waals surface area contributed by atoms with Gasteiger partial charge in [-0.2, -0.15) is 0 Å². The number of aliphatic hydroxyl groups is 1. The Morgan fingerprint density at radius 1 is 0.621 bits per heavy atom. The number of hydrogen-bond donors (Lipinski definition) is 7. The van der Waals surface area contributed by atoms with E-state index in [-0.39, 0.29) is 36.6 Å². The summed E-state index contributed by atoms with van der Waals surface area (Å²) in [5, 5.41) is 36.1. The molecule has 3 aliphatic heterocycles. The number of amides is 5. The molecule has 0 saturated carbocycles. The van der Waals surface area contributed by atoms with Crippen LogP contribution in [0.4, 0.5) is 5.69 Å². The molecule has 7 rings (SSSR count). The van der Waals surface area contributed by atoms with Gasteiger partial charge in [0.25, 0.3) is 5.91 Å². The fourth-order valence-corrected chi connectivity index (χ4v) is 7.74. The van der Waals surface area contributed by atoms with Crippen LogP contribution in [-0.4, -0.2) is 81.2 Å². The highest BCUT2D eigenvalue weighted by atomic mass is 32.2. The van der Waals surface area contributed by atoms with Gasteiger partial charge < -0.3 is 36.8 Å². The maximum absolute atomic E-state index is 14.4. The number of carbonyl (C=O) groups excluding carboxylic acids is 5. The second-order valence-corrected chi connectivity index (χ2v) is 15.5. The van der Waals surface area contributed by atoms with Crippen LogP contribution in [0.2, 0.25) is 0 Å². The number of fused-ring (bicyclic) bond motifs is 18. The zero-order valence-electron chi connectivity index (χ0n) is 31.5. The van der Waals surface area contributed by atoms with Crippen LogP contribution in [0.5, 0.6) is 0 Å². The first kappa shape index (κ1) is 41.4. The summed E-state index contributed by atoms with van der Waals surface area (Å²) in [6.45, 7) is 0. The summed E-state index contributed by atoms with van der Waals surface area (Å²) in [4.78, 5) is 81.2. The molecule has 300 valence electrons. The van der Waals surface area contributed by atoms with E-state index < -0.39 is 72.2 Å². The number of allylic oxidation sites excluding steroid dienone is 1. The molecule has 13 nitrogen and oxygen atoms in total. The number of rotatable bonds is 8. The molecule has 0 spiro atoms. The predicted octanol–water partition coefficient (Wildman–Crippen LogP) is 3.52. The predicted molar refractivity (Wildman–Crippen MR) is 220 cm³/mol. The smallest absolute Gasteiger partial charge is 0.326 e. The van der Waals surface area contributed by atoms with Gasteiger partial charge in [-0.3, -0.25) is 24.0 Å². The van der Waals surface area contributed by atoms with Crippen molar-refractivity contribution in [3.8, 4) is 11.1 Å². The van der Waals surface area contributed by atoms with Crippen molar-refractivity contribution in [3.05, 3.63) is 137 Å². The number of anilines is 1. The van der Waals surface area contributed by atoms with Crippen LogP contribution in [0.3, 0.4) is 0 Å². The normalized spacial score (nSPS) is 23.4. The van der Waals surface area contributed by atoms with Gasteiger partial charge in [0.2, 0.25) is 23.6 Å². The first-order valence-electron chi connectivity index (χ1n) is 19.0. The Morgan fingerprint density at radius 3 is 1.79 bits per heavy atom. The minimum absolute atomic E-state index is 0.000815. The summed E-state index contributed by atoms with van der Waals surface area (Å²) in [7, 11) is 0. The Kier molecular flexibility index (Phi) is 14.1. The quantitative estimate of drug-likeness (QED) is 0.130. The van der Waals surface area contributed by atoms with E-state index in [0.29, 0.717) is 23.1 Å². The largest absolute Gasteiger partial charge is 0.480 e. The second kappa shape index (κ2) is 19.7. The minimum Gasteiger partial charge on any atom is -0.480 e. The van der Waals surface area contributed by atoms with Crippen LogP contribution < -0.4 is 26.6 Å². The lowest BCUT2D eigenvalue weighted by molar-refractivity contribution is -0.142. The van der Waals surface area contributed by atoms with Crippen molar-refractivity contribution in [2.75, 3.05) is 5.32 Å². The van der Waals surface area contributed by atoms with E-state index in [4.69, 9.17) is 0 Å². The van der Waals surface area contributed by atoms with Crippen LogP contribution >= 0.6 is 11.8 Å². The third kappa shape index (κ3) is 11.6. The van der Waals surface area contributed by atoms with Gasteiger partial charge in [0, 0.05) is 30.2 Å². The number of carboxylic acids is 1. The minimum atomic E-state index is -1.76. The molecule has 3 heterocycles. The SMILES string of the molecule is O=C1C[C@@H](O)C(=O)Nc2ccc(cc2)C[C@@H](C(=O)O)NC(=O)[C@@H](Cc2ccccc2)NC(=O)[C@@H](Cc2ccc(-c3ccccc3)cc2)NC(=O)[C@@H](CC2CC=CS2)N1. The van der Waals surface area contributed by atoms with Crippen molar-refractivity contribution < 1.29 is 39.0 Å². The number of carboxylic acid groups (broad SMARTS) is 1. The van der Waals surface area contributed by atoms with Crippen LogP contribution in [0.15, 0.2) is 121 Å². The topological polar surface area (TPSA) is 203 Å². The number of carbonyl (C=O) groups is 6. The van der Waals surface area contributed by atoms with Crippen molar-refractivity contribution in [2.45, 2.75) is 74.0 Å². The first-order chi connectivity index (χ1) is 28.0. The number of aliphatic hydroxyl groups excluding tert-OH is 1. The monoisotopic (exact) mass is 803 g/mol. The van der Waals surface area contributed by atoms with Crippen LogP contribution in [0, 0.1) is 0 Å². The third-order valence-electron chi connectivity index (χ3n) is 9.92. The standard InChI is InChI=1S/C44H45N5O8S/c50-38-26-39(51)46-36(25-33-12-7-21-58-33)42(54)48-35(23-28-13-17-31(18-14-28)30-10-5-2-6-11-30)40(52)47-34(22-27-8-3-1-4-9-27)41(53)49-37(44(56)57)24-29-15-19-32(20-16-29)45-43(38)55/h1-11,13-21,33-38,50H,12,22-26H2,(H,45,55)(H,46,51)(H,47,52)(H,48,54)(H,49,53)(H,56,57)/t33?,34-,35-,36-,37+,38-/m1/s1. The molecule has 2 bridgehead atoms. The van der Waals surface area contributed by atoms with Crippen LogP contribution in [-0.2, 0) is 48.0 Å². The Labute approximate surface area is 340 Å². The summed E-state index contributed by atoms with van der Waals surface area (Å²) >= 11 is 1.50. The maximum atomic E-state index is 14.4. The van der Waals surface area contributed by atoms with Crippen molar-refractivity contribution in [1.82, 2.24) is 21.3 Å². The Hall–Kier alpha value is -6.25. The molecular weight excluding hydrogens is 759 g/mol. The summed E-state index contributed by atoms with van der Waals surface area (Å²) < 4.78 is 0. The zero-order valence-corrected chi connectivity index (χ0v) is 32.3. The molecule has 1 unspecified atom stereocenters. The van der Waals surface area contributed by atoms with E-state index in [0.717, 1.165) is 11.1 Å². The van der Waals surface area contributed by atoms with Gasteiger partial charge in [-0.15, -0.1) is 11.8 Å². The van der Waals surface area contributed by atoms with E-state index in [1.54, 1.807) is 42.5 Å². The van der Waals surface area contributed by atoms with Crippen molar-refractivity contribution in [1.29, 1.82) is 0 Å². The summed E-state index contributed by atoms with van der Waals surface area (Å²) in [6, 6.07) is 27.2. The number of nitrogens with one attached hydrogen (secondary N) is 5. The lowest BCUT2D eigenvalue weighted by Crippen LogP contribution is -2.59. The van der Waals surface area contributed by atoms with E-state index in [2.05, 4.69) is 26.6 Å². The highest BCUT2D eigenvalue weighted by molar-refractivity contribution is 8.03. The number of hydrogen-bond acceptors (Lipinski definition) is 8. The molecular formula is C44H45N5O8S. The van der Waals surface area contributed by atoms with Gasteiger partial charge in [0.1, 0.15) is 30.3 Å². The van der Waals surface area contributed by atoms with Crippen molar-refractivity contribution in [2.24, 2.45) is 0 Å². The molecule has 14 heteroatoms. The Bertz CT molecular complexity index is 2110. The van der Waals surface area contributed by atoms with Crippen LogP contribution in [0.25, 0.3) is 11.1 Å². The molecule has 5 amide bonds. The molecule has 0 radical (unpaired) electrons. The number of thioether (sulfide) groups is 1. The molecule has 0 aliphatic carbocycles.